The molecule has 2 bridgehead atoms. The number of para-hydroxylation sites is 2. The van der Waals surface area contributed by atoms with Crippen LogP contribution in [0.15, 0.2) is 53.3 Å². The molecule has 4 aliphatic rings. The zero-order valence-corrected chi connectivity index (χ0v) is 21.0. The molecule has 6 heterocycles. The van der Waals surface area contributed by atoms with Gasteiger partial charge in [0.05, 0.1) is 22.2 Å². The fourth-order valence-corrected chi connectivity index (χ4v) is 6.36. The lowest BCUT2D eigenvalue weighted by molar-refractivity contribution is 0.0976. The van der Waals surface area contributed by atoms with Crippen LogP contribution < -0.4 is 10.9 Å². The predicted octanol–water partition coefficient (Wildman–Crippen LogP) is 4.34. The van der Waals surface area contributed by atoms with E-state index in [4.69, 9.17) is 4.98 Å². The number of fused-ring (bicyclic) bond motifs is 5. The van der Waals surface area contributed by atoms with Crippen LogP contribution in [0.2, 0.25) is 0 Å². The van der Waals surface area contributed by atoms with E-state index >= 15 is 0 Å². The number of rotatable bonds is 4. The van der Waals surface area contributed by atoms with E-state index in [9.17, 15) is 14.7 Å². The third kappa shape index (κ3) is 3.94. The Labute approximate surface area is 219 Å². The number of aromatic amines is 2. The summed E-state index contributed by atoms with van der Waals surface area (Å²) in [6, 6.07) is 14.2. The van der Waals surface area contributed by atoms with Gasteiger partial charge in [-0.1, -0.05) is 24.3 Å². The minimum atomic E-state index is -0.893. The van der Waals surface area contributed by atoms with Crippen molar-refractivity contribution in [3.63, 3.8) is 0 Å². The molecule has 9 nitrogen and oxygen atoms in total. The van der Waals surface area contributed by atoms with Crippen LogP contribution in [-0.2, 0) is 0 Å². The van der Waals surface area contributed by atoms with Crippen molar-refractivity contribution in [1.82, 2.24) is 24.8 Å². The summed E-state index contributed by atoms with van der Waals surface area (Å²) in [5.41, 5.74) is 5.80. The molecule has 0 saturated carbocycles. The number of aromatic nitrogens is 3. The Balaban J connectivity index is 1.38. The second kappa shape index (κ2) is 9.02. The summed E-state index contributed by atoms with van der Waals surface area (Å²) in [7, 11) is 0. The number of hydrogen-bond acceptors (Lipinski definition) is 5. The highest BCUT2D eigenvalue weighted by molar-refractivity contribution is 6.00. The molecule has 0 radical (unpaired) electrons. The van der Waals surface area contributed by atoms with Crippen LogP contribution in [0.3, 0.4) is 0 Å². The van der Waals surface area contributed by atoms with Crippen LogP contribution in [0.1, 0.15) is 24.8 Å². The normalized spacial score (nSPS) is 23.1. The first-order valence-corrected chi connectivity index (χ1v) is 13.3. The number of pyridine rings is 1. The molecule has 4 aromatic rings. The van der Waals surface area contributed by atoms with Crippen LogP contribution >= 0.6 is 0 Å². The van der Waals surface area contributed by atoms with Crippen molar-refractivity contribution in [2.24, 2.45) is 5.92 Å². The first kappa shape index (κ1) is 23.0. The van der Waals surface area contributed by atoms with E-state index in [1.807, 2.05) is 42.5 Å². The molecule has 2 aromatic heterocycles. The van der Waals surface area contributed by atoms with Gasteiger partial charge >= 0.3 is 6.09 Å². The molecule has 1 amide bonds. The zero-order valence-electron chi connectivity index (χ0n) is 21.0. The van der Waals surface area contributed by atoms with Crippen LogP contribution in [0.25, 0.3) is 38.9 Å². The van der Waals surface area contributed by atoms with E-state index in [-0.39, 0.29) is 11.6 Å². The third-order valence-electron chi connectivity index (χ3n) is 8.48. The maximum atomic E-state index is 13.6. The maximum absolute atomic E-state index is 13.6. The quantitative estimate of drug-likeness (QED) is 0.324. The molecule has 194 valence electrons. The lowest BCUT2D eigenvalue weighted by Gasteiger charge is -2.45. The number of benzene rings is 2. The van der Waals surface area contributed by atoms with E-state index in [1.54, 1.807) is 0 Å². The number of nitrogens with zero attached hydrogens (tertiary/aromatic N) is 3. The monoisotopic (exact) mass is 510 g/mol. The molecule has 0 spiro atoms. The summed E-state index contributed by atoms with van der Waals surface area (Å²) >= 11 is 0. The highest BCUT2D eigenvalue weighted by Crippen LogP contribution is 2.37. The van der Waals surface area contributed by atoms with Gasteiger partial charge in [-0.25, -0.2) is 9.78 Å². The van der Waals surface area contributed by atoms with Crippen molar-refractivity contribution in [3.05, 3.63) is 64.5 Å². The number of piperidine rings is 3. The van der Waals surface area contributed by atoms with Crippen LogP contribution in [0.4, 0.5) is 10.5 Å². The molecule has 3 fully saturated rings. The SMILES string of the molecule is O=C(O)N1CC=C(c2ccc3[nH]c(=O)c(-c4nc5ccccc5[nH]4)c(NC4CN5CCC4CC5)c3c2)CC1. The van der Waals surface area contributed by atoms with E-state index in [0.29, 0.717) is 36.8 Å². The van der Waals surface area contributed by atoms with E-state index < -0.39 is 6.09 Å². The largest absolute Gasteiger partial charge is 0.465 e. The van der Waals surface area contributed by atoms with Gasteiger partial charge in [0.1, 0.15) is 11.4 Å². The summed E-state index contributed by atoms with van der Waals surface area (Å²) in [5.74, 6) is 1.13. The van der Waals surface area contributed by atoms with Crippen LogP contribution in [-0.4, -0.2) is 74.7 Å². The maximum Gasteiger partial charge on any atom is 0.407 e. The predicted molar refractivity (Wildman–Crippen MR) is 148 cm³/mol. The average molecular weight is 511 g/mol. The molecular weight excluding hydrogens is 480 g/mol. The van der Waals surface area contributed by atoms with Crippen LogP contribution in [0.5, 0.6) is 0 Å². The van der Waals surface area contributed by atoms with Crippen molar-refractivity contribution in [2.45, 2.75) is 25.3 Å². The fourth-order valence-electron chi connectivity index (χ4n) is 6.36. The summed E-state index contributed by atoms with van der Waals surface area (Å²) in [6.45, 7) is 4.10. The van der Waals surface area contributed by atoms with Crippen molar-refractivity contribution >= 4 is 39.3 Å². The van der Waals surface area contributed by atoms with Crippen molar-refractivity contribution in [3.8, 4) is 11.4 Å². The van der Waals surface area contributed by atoms with Gasteiger partial charge in [0, 0.05) is 31.1 Å². The molecule has 0 aliphatic carbocycles. The number of carboxylic acid groups (broad SMARTS) is 1. The van der Waals surface area contributed by atoms with Crippen molar-refractivity contribution in [2.75, 3.05) is 38.0 Å². The molecule has 4 aliphatic heterocycles. The Morgan fingerprint density at radius 1 is 1.05 bits per heavy atom. The average Bonchev–Trinajstić information content (AvgIpc) is 3.37. The zero-order chi connectivity index (χ0) is 25.8. The molecule has 1 unspecified atom stereocenters. The number of H-pyrrole nitrogens is 2. The van der Waals surface area contributed by atoms with Gasteiger partial charge < -0.3 is 30.2 Å². The highest BCUT2D eigenvalue weighted by Gasteiger charge is 2.35. The van der Waals surface area contributed by atoms with Gasteiger partial charge in [-0.3, -0.25) is 4.79 Å². The Morgan fingerprint density at radius 2 is 1.89 bits per heavy atom. The van der Waals surface area contributed by atoms with Gasteiger partial charge in [0.15, 0.2) is 0 Å². The number of carbonyl (C=O) groups is 1. The van der Waals surface area contributed by atoms with Gasteiger partial charge in [-0.05, 0) is 73.7 Å². The first-order chi connectivity index (χ1) is 18.5. The Kier molecular flexibility index (Phi) is 5.47. The Hall–Kier alpha value is -4.11. The molecule has 38 heavy (non-hydrogen) atoms. The lowest BCUT2D eigenvalue weighted by Crippen LogP contribution is -2.53. The number of amides is 1. The smallest absolute Gasteiger partial charge is 0.407 e. The van der Waals surface area contributed by atoms with Crippen LogP contribution in [0, 0.1) is 5.92 Å². The Bertz CT molecular complexity index is 1610. The van der Waals surface area contributed by atoms with E-state index in [1.165, 1.54) is 4.90 Å². The minimum Gasteiger partial charge on any atom is -0.465 e. The van der Waals surface area contributed by atoms with Crippen molar-refractivity contribution in [1.29, 1.82) is 0 Å². The molecule has 3 saturated heterocycles. The summed E-state index contributed by atoms with van der Waals surface area (Å²) < 4.78 is 0. The third-order valence-corrected chi connectivity index (χ3v) is 8.48. The number of nitrogens with one attached hydrogen (secondary N) is 3. The topological polar surface area (TPSA) is 117 Å². The van der Waals surface area contributed by atoms with E-state index in [0.717, 1.165) is 71.2 Å². The molecule has 4 N–H and O–H groups in total. The minimum absolute atomic E-state index is 0.179. The van der Waals surface area contributed by atoms with Gasteiger partial charge in [0.2, 0.25) is 0 Å². The van der Waals surface area contributed by atoms with Gasteiger partial charge in [0.25, 0.3) is 5.56 Å². The fraction of sp³-hybridized carbons (Fsp3) is 0.345. The molecule has 2 aromatic carbocycles. The molecular formula is C29H30N6O3. The molecule has 1 atom stereocenters. The molecule has 9 heteroatoms. The standard InChI is InChI=1S/C29H30N6O3/c36-28-25(27-31-22-3-1-2-4-23(22)32-27)26(30-24-16-34-11-7-18(24)8-12-34)20-15-19(5-6-21(20)33-28)17-9-13-35(14-10-17)29(37)38/h1-6,9,15,18,24H,7-8,10-14,16H2,(H,31,32)(H,37,38)(H2,30,33,36). The van der Waals surface area contributed by atoms with Crippen molar-refractivity contribution < 1.29 is 9.90 Å². The summed E-state index contributed by atoms with van der Waals surface area (Å²) in [4.78, 5) is 40.1. The van der Waals surface area contributed by atoms with E-state index in [2.05, 4.69) is 26.3 Å². The first-order valence-electron chi connectivity index (χ1n) is 13.3. The number of anilines is 1. The number of imidazole rings is 1. The van der Waals surface area contributed by atoms with Gasteiger partial charge in [-0.15, -0.1) is 0 Å². The highest BCUT2D eigenvalue weighted by atomic mass is 16.4. The van der Waals surface area contributed by atoms with Gasteiger partial charge in [-0.2, -0.15) is 0 Å². The second-order valence-electron chi connectivity index (χ2n) is 10.7. The second-order valence-corrected chi connectivity index (χ2v) is 10.7. The lowest BCUT2D eigenvalue weighted by atomic mass is 9.83. The molecule has 8 rings (SSSR count). The Morgan fingerprint density at radius 3 is 2.61 bits per heavy atom. The summed E-state index contributed by atoms with van der Waals surface area (Å²) in [6.07, 6.45) is 4.08. The number of hydrogen-bond donors (Lipinski definition) is 4. The summed E-state index contributed by atoms with van der Waals surface area (Å²) in [5, 5.41) is 14.1.